The van der Waals surface area contributed by atoms with E-state index >= 15 is 0 Å². The Labute approximate surface area is 142 Å². The molecule has 0 bridgehead atoms. The van der Waals surface area contributed by atoms with Crippen molar-refractivity contribution in [2.45, 2.75) is 18.9 Å². The number of pyridine rings is 1. The monoisotopic (exact) mass is 331 g/mol. The second-order valence-corrected chi connectivity index (χ2v) is 6.47. The molecule has 1 amide bonds. The lowest BCUT2D eigenvalue weighted by Gasteiger charge is -2.28. The maximum absolute atomic E-state index is 12.9. The molecule has 24 heavy (non-hydrogen) atoms. The maximum Gasteiger partial charge on any atom is 0.255 e. The van der Waals surface area contributed by atoms with Crippen molar-refractivity contribution in [3.05, 3.63) is 24.2 Å². The van der Waals surface area contributed by atoms with E-state index in [0.717, 1.165) is 43.6 Å². The molecular formula is C17H25N5O2. The van der Waals surface area contributed by atoms with Crippen molar-refractivity contribution in [3.8, 4) is 0 Å². The topological polar surface area (TPSA) is 63.5 Å². The summed E-state index contributed by atoms with van der Waals surface area (Å²) in [5.41, 5.74) is 2.17. The first kappa shape index (κ1) is 16.9. The number of fused-ring (bicyclic) bond motifs is 1. The smallest absolute Gasteiger partial charge is 0.255 e. The number of rotatable bonds is 6. The summed E-state index contributed by atoms with van der Waals surface area (Å²) in [6.45, 7) is 3.25. The summed E-state index contributed by atoms with van der Waals surface area (Å²) in [5, 5.41) is 0. The molecule has 7 heteroatoms. The Morgan fingerprint density at radius 3 is 3.08 bits per heavy atom. The standard InChI is InChI=1S/C17H25N5O2/c1-20(7-8-24-3)11-14-5-4-6-22(14)17(23)13-9-15-16(18-10-13)21(2)12-19-15/h9-10,12,14H,4-8,11H2,1-3H3. The summed E-state index contributed by atoms with van der Waals surface area (Å²) >= 11 is 0. The highest BCUT2D eigenvalue weighted by atomic mass is 16.5. The molecule has 3 rings (SSSR count). The van der Waals surface area contributed by atoms with Crippen LogP contribution in [-0.2, 0) is 11.8 Å². The first-order valence-corrected chi connectivity index (χ1v) is 8.35. The minimum absolute atomic E-state index is 0.0534. The SMILES string of the molecule is COCCN(C)CC1CCCN1C(=O)c1cnc2c(c1)ncn2C. The van der Waals surface area contributed by atoms with Crippen molar-refractivity contribution >= 4 is 17.1 Å². The number of aromatic nitrogens is 3. The van der Waals surface area contributed by atoms with E-state index in [1.165, 1.54) is 0 Å². The lowest BCUT2D eigenvalue weighted by Crippen LogP contribution is -2.43. The largest absolute Gasteiger partial charge is 0.383 e. The molecule has 0 aromatic carbocycles. The summed E-state index contributed by atoms with van der Waals surface area (Å²) in [4.78, 5) is 25.8. The molecule has 7 nitrogen and oxygen atoms in total. The van der Waals surface area contributed by atoms with Crippen molar-refractivity contribution in [1.29, 1.82) is 0 Å². The Morgan fingerprint density at radius 2 is 2.29 bits per heavy atom. The Bertz CT molecular complexity index is 714. The van der Waals surface area contributed by atoms with Crippen LogP contribution in [0.25, 0.3) is 11.2 Å². The van der Waals surface area contributed by atoms with Crippen LogP contribution in [0.3, 0.4) is 0 Å². The second kappa shape index (κ2) is 7.27. The van der Waals surface area contributed by atoms with Gasteiger partial charge in [-0.2, -0.15) is 0 Å². The van der Waals surface area contributed by atoms with Gasteiger partial charge in [0.05, 0.1) is 18.5 Å². The Morgan fingerprint density at radius 1 is 1.46 bits per heavy atom. The number of ether oxygens (including phenoxy) is 1. The fraction of sp³-hybridized carbons (Fsp3) is 0.588. The molecule has 1 atom stereocenters. The third-order valence-corrected chi connectivity index (χ3v) is 4.64. The van der Waals surface area contributed by atoms with Crippen LogP contribution in [0.1, 0.15) is 23.2 Å². The van der Waals surface area contributed by atoms with E-state index < -0.39 is 0 Å². The number of carbonyl (C=O) groups is 1. The van der Waals surface area contributed by atoms with Gasteiger partial charge in [-0.3, -0.25) is 4.79 Å². The number of likely N-dealkylation sites (tertiary alicyclic amines) is 1. The third-order valence-electron chi connectivity index (χ3n) is 4.64. The van der Waals surface area contributed by atoms with E-state index in [2.05, 4.69) is 21.9 Å². The summed E-state index contributed by atoms with van der Waals surface area (Å²) in [6, 6.07) is 2.09. The van der Waals surface area contributed by atoms with E-state index in [-0.39, 0.29) is 11.9 Å². The summed E-state index contributed by atoms with van der Waals surface area (Å²) in [5.74, 6) is 0.0534. The highest BCUT2D eigenvalue weighted by Gasteiger charge is 2.30. The number of hydrogen-bond donors (Lipinski definition) is 0. The second-order valence-electron chi connectivity index (χ2n) is 6.47. The van der Waals surface area contributed by atoms with Gasteiger partial charge in [-0.15, -0.1) is 0 Å². The van der Waals surface area contributed by atoms with Gasteiger partial charge in [0, 0.05) is 46.0 Å². The zero-order valence-corrected chi connectivity index (χ0v) is 14.6. The molecule has 1 aliphatic rings. The Balaban J connectivity index is 1.72. The van der Waals surface area contributed by atoms with Crippen molar-refractivity contribution in [2.24, 2.45) is 7.05 Å². The average Bonchev–Trinajstić information content (AvgIpc) is 3.19. The van der Waals surface area contributed by atoms with Crippen molar-refractivity contribution in [1.82, 2.24) is 24.3 Å². The first-order chi connectivity index (χ1) is 11.6. The van der Waals surface area contributed by atoms with Crippen LogP contribution in [-0.4, -0.2) is 76.7 Å². The van der Waals surface area contributed by atoms with Gasteiger partial charge in [0.1, 0.15) is 5.52 Å². The molecule has 1 fully saturated rings. The van der Waals surface area contributed by atoms with Crippen molar-refractivity contribution < 1.29 is 9.53 Å². The van der Waals surface area contributed by atoms with E-state index in [0.29, 0.717) is 12.2 Å². The van der Waals surface area contributed by atoms with Crippen LogP contribution < -0.4 is 0 Å². The molecule has 1 aliphatic heterocycles. The van der Waals surface area contributed by atoms with Gasteiger partial charge in [-0.05, 0) is 26.0 Å². The predicted octanol–water partition coefficient (Wildman–Crippen LogP) is 1.15. The predicted molar refractivity (Wildman–Crippen MR) is 91.9 cm³/mol. The number of imidazole rings is 1. The van der Waals surface area contributed by atoms with Gasteiger partial charge in [0.2, 0.25) is 0 Å². The van der Waals surface area contributed by atoms with Crippen LogP contribution >= 0.6 is 0 Å². The first-order valence-electron chi connectivity index (χ1n) is 8.35. The molecule has 0 N–H and O–H groups in total. The number of carbonyl (C=O) groups excluding carboxylic acids is 1. The van der Waals surface area contributed by atoms with E-state index in [1.54, 1.807) is 19.6 Å². The zero-order chi connectivity index (χ0) is 17.1. The molecule has 0 aliphatic carbocycles. The number of methoxy groups -OCH3 is 1. The summed E-state index contributed by atoms with van der Waals surface area (Å²) in [7, 11) is 5.68. The highest BCUT2D eigenvalue weighted by Crippen LogP contribution is 2.21. The molecule has 0 radical (unpaired) electrons. The summed E-state index contributed by atoms with van der Waals surface area (Å²) < 4.78 is 6.98. The van der Waals surface area contributed by atoms with E-state index in [1.807, 2.05) is 22.6 Å². The number of hydrogen-bond acceptors (Lipinski definition) is 5. The number of amides is 1. The third kappa shape index (κ3) is 3.42. The number of nitrogens with zero attached hydrogens (tertiary/aromatic N) is 5. The van der Waals surface area contributed by atoms with Crippen LogP contribution in [0.5, 0.6) is 0 Å². The number of aryl methyl sites for hydroxylation is 1. The van der Waals surface area contributed by atoms with Crippen LogP contribution in [0.4, 0.5) is 0 Å². The van der Waals surface area contributed by atoms with Crippen LogP contribution in [0.15, 0.2) is 18.6 Å². The molecule has 3 heterocycles. The molecule has 2 aromatic rings. The van der Waals surface area contributed by atoms with Gasteiger partial charge >= 0.3 is 0 Å². The van der Waals surface area contributed by atoms with Gasteiger partial charge in [-0.25, -0.2) is 9.97 Å². The van der Waals surface area contributed by atoms with Gasteiger partial charge in [0.15, 0.2) is 5.65 Å². The molecule has 130 valence electrons. The molecular weight excluding hydrogens is 306 g/mol. The molecule has 1 saturated heterocycles. The fourth-order valence-corrected chi connectivity index (χ4v) is 3.29. The van der Waals surface area contributed by atoms with Gasteiger partial charge < -0.3 is 19.1 Å². The quantitative estimate of drug-likeness (QED) is 0.794. The zero-order valence-electron chi connectivity index (χ0n) is 14.6. The minimum Gasteiger partial charge on any atom is -0.383 e. The van der Waals surface area contributed by atoms with Crippen molar-refractivity contribution in [2.75, 3.05) is 40.4 Å². The van der Waals surface area contributed by atoms with Gasteiger partial charge in [0.25, 0.3) is 5.91 Å². The van der Waals surface area contributed by atoms with Gasteiger partial charge in [-0.1, -0.05) is 0 Å². The minimum atomic E-state index is 0.0534. The average molecular weight is 331 g/mol. The lowest BCUT2D eigenvalue weighted by atomic mass is 10.2. The Kier molecular flexibility index (Phi) is 5.11. The van der Waals surface area contributed by atoms with Crippen LogP contribution in [0.2, 0.25) is 0 Å². The Hall–Kier alpha value is -1.99. The van der Waals surface area contributed by atoms with Crippen molar-refractivity contribution in [3.63, 3.8) is 0 Å². The molecule has 0 saturated carbocycles. The normalized spacial score (nSPS) is 18.0. The highest BCUT2D eigenvalue weighted by molar-refractivity contribution is 5.96. The van der Waals surface area contributed by atoms with E-state index in [4.69, 9.17) is 4.74 Å². The maximum atomic E-state index is 12.9. The lowest BCUT2D eigenvalue weighted by molar-refractivity contribution is 0.0698. The molecule has 1 unspecified atom stereocenters. The number of likely N-dealkylation sites (N-methyl/N-ethyl adjacent to an activating group) is 1. The van der Waals surface area contributed by atoms with E-state index in [9.17, 15) is 4.79 Å². The summed E-state index contributed by atoms with van der Waals surface area (Å²) in [6.07, 6.45) is 5.47. The molecule has 2 aromatic heterocycles. The van der Waals surface area contributed by atoms with Crippen LogP contribution in [0, 0.1) is 0 Å². The fourth-order valence-electron chi connectivity index (χ4n) is 3.29. The molecule has 0 spiro atoms.